The maximum atomic E-state index is 12.5. The first kappa shape index (κ1) is 16.6. The van der Waals surface area contributed by atoms with Gasteiger partial charge in [-0.3, -0.25) is 9.78 Å². The van der Waals surface area contributed by atoms with Crippen LogP contribution in [0.5, 0.6) is 0 Å². The highest BCUT2D eigenvalue weighted by atomic mass is 16.5. The van der Waals surface area contributed by atoms with E-state index in [1.165, 1.54) is 0 Å². The number of amides is 1. The summed E-state index contributed by atoms with van der Waals surface area (Å²) in [4.78, 5) is 18.5. The molecule has 128 valence electrons. The predicted octanol–water partition coefficient (Wildman–Crippen LogP) is 2.78. The number of likely N-dealkylation sites (tertiary alicyclic amines) is 1. The smallest absolute Gasteiger partial charge is 0.292 e. The molecule has 0 saturated carbocycles. The zero-order valence-corrected chi connectivity index (χ0v) is 14.1. The molecule has 1 N–H and O–H groups in total. The van der Waals surface area contributed by atoms with Crippen molar-refractivity contribution in [2.45, 2.75) is 38.7 Å². The average molecular weight is 329 g/mol. The molecule has 1 saturated heterocycles. The standard InChI is InChI=1S/C18H23N3O3/c1-12(2)15-11-16(24-20-15)18(23)21-9-6-13(7-10-21)17(22)14-5-3-4-8-19-14/h3-5,8,11-13,17,22H,6-7,9-10H2,1-2H3. The Morgan fingerprint density at radius 2 is 2.04 bits per heavy atom. The molecule has 24 heavy (non-hydrogen) atoms. The first-order valence-electron chi connectivity index (χ1n) is 8.41. The fourth-order valence-electron chi connectivity index (χ4n) is 3.03. The van der Waals surface area contributed by atoms with Gasteiger partial charge in [0.05, 0.1) is 17.5 Å². The van der Waals surface area contributed by atoms with Crippen molar-refractivity contribution in [2.75, 3.05) is 13.1 Å². The summed E-state index contributed by atoms with van der Waals surface area (Å²) < 4.78 is 5.18. The quantitative estimate of drug-likeness (QED) is 0.933. The molecule has 1 aliphatic rings. The number of nitrogens with zero attached hydrogens (tertiary/aromatic N) is 3. The molecule has 1 fully saturated rings. The lowest BCUT2D eigenvalue weighted by molar-refractivity contribution is 0.0423. The molecular weight excluding hydrogens is 306 g/mol. The molecule has 6 heteroatoms. The van der Waals surface area contributed by atoms with Gasteiger partial charge >= 0.3 is 0 Å². The van der Waals surface area contributed by atoms with E-state index < -0.39 is 6.10 Å². The summed E-state index contributed by atoms with van der Waals surface area (Å²) >= 11 is 0. The minimum atomic E-state index is -0.582. The number of aliphatic hydroxyl groups is 1. The van der Waals surface area contributed by atoms with Crippen molar-refractivity contribution in [1.29, 1.82) is 0 Å². The van der Waals surface area contributed by atoms with Gasteiger partial charge in [0.2, 0.25) is 5.76 Å². The third kappa shape index (κ3) is 3.48. The van der Waals surface area contributed by atoms with E-state index in [1.54, 1.807) is 17.2 Å². The van der Waals surface area contributed by atoms with Crippen molar-refractivity contribution in [3.63, 3.8) is 0 Å². The highest BCUT2D eigenvalue weighted by Crippen LogP contribution is 2.30. The second-order valence-electron chi connectivity index (χ2n) is 6.60. The number of hydrogen-bond donors (Lipinski definition) is 1. The normalized spacial score (nSPS) is 17.2. The largest absolute Gasteiger partial charge is 0.387 e. The van der Waals surface area contributed by atoms with Gasteiger partial charge in [0, 0.05) is 25.4 Å². The molecule has 0 spiro atoms. The van der Waals surface area contributed by atoms with Gasteiger partial charge in [0.15, 0.2) is 0 Å². The van der Waals surface area contributed by atoms with Gasteiger partial charge < -0.3 is 14.5 Å². The van der Waals surface area contributed by atoms with Crippen LogP contribution in [0.1, 0.15) is 60.7 Å². The summed E-state index contributed by atoms with van der Waals surface area (Å²) in [6, 6.07) is 7.27. The Labute approximate surface area is 141 Å². The van der Waals surface area contributed by atoms with Crippen molar-refractivity contribution in [3.05, 3.63) is 47.6 Å². The zero-order valence-electron chi connectivity index (χ0n) is 14.1. The van der Waals surface area contributed by atoms with E-state index in [4.69, 9.17) is 4.52 Å². The van der Waals surface area contributed by atoms with E-state index in [0.717, 1.165) is 18.5 Å². The molecule has 2 aromatic heterocycles. The highest BCUT2D eigenvalue weighted by Gasteiger charge is 2.30. The summed E-state index contributed by atoms with van der Waals surface area (Å²) in [5.74, 6) is 0.516. The van der Waals surface area contributed by atoms with Gasteiger partial charge in [-0.2, -0.15) is 0 Å². The summed E-state index contributed by atoms with van der Waals surface area (Å²) in [6.45, 7) is 5.23. The van der Waals surface area contributed by atoms with Gasteiger partial charge in [0.25, 0.3) is 5.91 Å². The molecule has 1 atom stereocenters. The summed E-state index contributed by atoms with van der Waals surface area (Å²) in [6.07, 6.45) is 2.60. The molecule has 1 aliphatic heterocycles. The summed E-state index contributed by atoms with van der Waals surface area (Å²) in [5, 5.41) is 14.4. The monoisotopic (exact) mass is 329 g/mol. The zero-order chi connectivity index (χ0) is 17.1. The number of carbonyl (C=O) groups excluding carboxylic acids is 1. The van der Waals surface area contributed by atoms with E-state index in [2.05, 4.69) is 10.1 Å². The van der Waals surface area contributed by atoms with Gasteiger partial charge in [-0.1, -0.05) is 25.1 Å². The average Bonchev–Trinajstić information content (AvgIpc) is 3.12. The van der Waals surface area contributed by atoms with Crippen LogP contribution in [0.3, 0.4) is 0 Å². The number of rotatable bonds is 4. The fraction of sp³-hybridized carbons (Fsp3) is 0.500. The van der Waals surface area contributed by atoms with Crippen LogP contribution in [0.25, 0.3) is 0 Å². The van der Waals surface area contributed by atoms with Crippen molar-refractivity contribution >= 4 is 5.91 Å². The first-order chi connectivity index (χ1) is 11.6. The molecule has 3 heterocycles. The van der Waals surface area contributed by atoms with Crippen LogP contribution in [0, 0.1) is 5.92 Å². The number of aromatic nitrogens is 2. The Kier molecular flexibility index (Phi) is 4.94. The van der Waals surface area contributed by atoms with Crippen molar-refractivity contribution in [2.24, 2.45) is 5.92 Å². The van der Waals surface area contributed by atoms with Crippen LogP contribution in [-0.4, -0.2) is 39.1 Å². The van der Waals surface area contributed by atoms with Crippen molar-refractivity contribution in [3.8, 4) is 0 Å². The Morgan fingerprint density at radius 3 is 2.62 bits per heavy atom. The summed E-state index contributed by atoms with van der Waals surface area (Å²) in [5.41, 5.74) is 1.48. The van der Waals surface area contributed by atoms with Crippen LogP contribution in [0.15, 0.2) is 35.0 Å². The van der Waals surface area contributed by atoms with Crippen LogP contribution in [-0.2, 0) is 0 Å². The van der Waals surface area contributed by atoms with Gasteiger partial charge in [0.1, 0.15) is 0 Å². The number of carbonyl (C=O) groups is 1. The molecular formula is C18H23N3O3. The number of piperidine rings is 1. The SMILES string of the molecule is CC(C)c1cc(C(=O)N2CCC(C(O)c3ccccn3)CC2)on1. The van der Waals surface area contributed by atoms with E-state index in [9.17, 15) is 9.90 Å². The minimum absolute atomic E-state index is 0.116. The topological polar surface area (TPSA) is 79.5 Å². The molecule has 0 bridgehead atoms. The Balaban J connectivity index is 1.59. The third-order valence-corrected chi connectivity index (χ3v) is 4.59. The molecule has 0 aromatic carbocycles. The fourth-order valence-corrected chi connectivity index (χ4v) is 3.03. The number of hydrogen-bond acceptors (Lipinski definition) is 5. The van der Waals surface area contributed by atoms with Crippen LogP contribution in [0.4, 0.5) is 0 Å². The molecule has 1 amide bonds. The predicted molar refractivity (Wildman–Crippen MR) is 88.4 cm³/mol. The van der Waals surface area contributed by atoms with Crippen molar-refractivity contribution < 1.29 is 14.4 Å². The van der Waals surface area contributed by atoms with Crippen LogP contribution < -0.4 is 0 Å². The molecule has 6 nitrogen and oxygen atoms in total. The highest BCUT2D eigenvalue weighted by molar-refractivity contribution is 5.91. The van der Waals surface area contributed by atoms with E-state index in [1.807, 2.05) is 32.0 Å². The lowest BCUT2D eigenvalue weighted by atomic mass is 9.89. The minimum Gasteiger partial charge on any atom is -0.387 e. The third-order valence-electron chi connectivity index (χ3n) is 4.59. The molecule has 2 aromatic rings. The van der Waals surface area contributed by atoms with E-state index in [0.29, 0.717) is 24.5 Å². The maximum absolute atomic E-state index is 12.5. The molecule has 1 unspecified atom stereocenters. The first-order valence-corrected chi connectivity index (χ1v) is 8.41. The molecule has 0 radical (unpaired) electrons. The molecule has 3 rings (SSSR count). The van der Waals surface area contributed by atoms with Crippen LogP contribution >= 0.6 is 0 Å². The lowest BCUT2D eigenvalue weighted by Gasteiger charge is -2.33. The van der Waals surface area contributed by atoms with E-state index >= 15 is 0 Å². The lowest BCUT2D eigenvalue weighted by Crippen LogP contribution is -2.39. The Hall–Kier alpha value is -2.21. The van der Waals surface area contributed by atoms with Gasteiger partial charge in [-0.15, -0.1) is 0 Å². The van der Waals surface area contributed by atoms with Gasteiger partial charge in [-0.25, -0.2) is 0 Å². The molecule has 0 aliphatic carbocycles. The second kappa shape index (κ2) is 7.13. The Bertz CT molecular complexity index is 676. The second-order valence-corrected chi connectivity index (χ2v) is 6.60. The Morgan fingerprint density at radius 1 is 1.29 bits per heavy atom. The maximum Gasteiger partial charge on any atom is 0.292 e. The number of pyridine rings is 1. The van der Waals surface area contributed by atoms with Crippen LogP contribution in [0.2, 0.25) is 0 Å². The van der Waals surface area contributed by atoms with Gasteiger partial charge in [-0.05, 0) is 36.8 Å². The summed E-state index contributed by atoms with van der Waals surface area (Å²) in [7, 11) is 0. The van der Waals surface area contributed by atoms with E-state index in [-0.39, 0.29) is 17.7 Å². The van der Waals surface area contributed by atoms with Crippen molar-refractivity contribution in [1.82, 2.24) is 15.0 Å². The number of aliphatic hydroxyl groups excluding tert-OH is 1.